The van der Waals surface area contributed by atoms with Gasteiger partial charge in [-0.3, -0.25) is 4.90 Å². The van der Waals surface area contributed by atoms with Gasteiger partial charge >= 0.3 is 12.5 Å². The van der Waals surface area contributed by atoms with Crippen LogP contribution in [-0.2, 0) is 0 Å². The minimum Gasteiger partial charge on any atom is -0.496 e. The third kappa shape index (κ3) is 6.57. The van der Waals surface area contributed by atoms with Gasteiger partial charge in [0.2, 0.25) is 0 Å². The molecule has 12 heteroatoms. The van der Waals surface area contributed by atoms with E-state index in [0.717, 1.165) is 30.2 Å². The number of ether oxygens (including phenoxy) is 2. The molecule has 0 aliphatic carbocycles. The van der Waals surface area contributed by atoms with E-state index in [9.17, 15) is 26.3 Å². The number of hydrogen-bond donors (Lipinski definition) is 1. The number of piperazine rings is 1. The first-order valence-corrected chi connectivity index (χ1v) is 7.07. The van der Waals surface area contributed by atoms with Gasteiger partial charge in [-0.1, -0.05) is 0 Å². The smallest absolute Gasteiger partial charge is 0.496 e. The second-order valence-corrected chi connectivity index (χ2v) is 5.18. The lowest BCUT2D eigenvalue weighted by atomic mass is 10.0. The van der Waals surface area contributed by atoms with Gasteiger partial charge in [0, 0.05) is 31.7 Å². The van der Waals surface area contributed by atoms with Crippen molar-refractivity contribution in [1.29, 1.82) is 0 Å². The summed E-state index contributed by atoms with van der Waals surface area (Å²) in [7, 11) is 1.16. The van der Waals surface area contributed by atoms with Crippen LogP contribution < -0.4 is 14.8 Å². The van der Waals surface area contributed by atoms with Crippen LogP contribution in [0.25, 0.3) is 0 Å². The molecule has 1 fully saturated rings. The molecule has 0 unspecified atom stereocenters. The van der Waals surface area contributed by atoms with Gasteiger partial charge < -0.3 is 14.8 Å². The molecule has 1 atom stereocenters. The summed E-state index contributed by atoms with van der Waals surface area (Å²) in [6, 6.07) is 0.608. The fourth-order valence-electron chi connectivity index (χ4n) is 2.64. The quantitative estimate of drug-likeness (QED) is 0.733. The van der Waals surface area contributed by atoms with Crippen molar-refractivity contribution in [3.63, 3.8) is 0 Å². The van der Waals surface area contributed by atoms with E-state index in [1.165, 1.54) is 0 Å². The molecule has 4 nitrogen and oxygen atoms in total. The molecule has 0 bridgehead atoms. The Labute approximate surface area is 158 Å². The molecule has 1 heterocycles. The average molecular weight is 431 g/mol. The molecule has 0 saturated carbocycles. The number of rotatable bonds is 4. The maximum Gasteiger partial charge on any atom is 0.573 e. The first kappa shape index (κ1) is 24.9. The standard InChI is InChI=1S/C14H16F6N2O2.2ClH/c1-23-11-3-2-9(24-14(18,19)20)8-10(11)12(13(15,16)17)22-6-4-21-5-7-22;;/h2-3,8,12,21H,4-7H2,1H3;2*1H/t12-;;/m0../s1. The summed E-state index contributed by atoms with van der Waals surface area (Å²) >= 11 is 0. The number of alkyl halides is 6. The third-order valence-corrected chi connectivity index (χ3v) is 3.56. The third-order valence-electron chi connectivity index (χ3n) is 3.56. The molecule has 152 valence electrons. The van der Waals surface area contributed by atoms with Gasteiger partial charge in [0.1, 0.15) is 17.5 Å². The van der Waals surface area contributed by atoms with E-state index in [0.29, 0.717) is 13.1 Å². The van der Waals surface area contributed by atoms with Crippen LogP contribution in [0.4, 0.5) is 26.3 Å². The van der Waals surface area contributed by atoms with Crippen molar-refractivity contribution in [2.24, 2.45) is 0 Å². The van der Waals surface area contributed by atoms with E-state index >= 15 is 0 Å². The van der Waals surface area contributed by atoms with E-state index in [1.54, 1.807) is 0 Å². The number of benzene rings is 1. The van der Waals surface area contributed by atoms with Crippen LogP contribution in [0.2, 0.25) is 0 Å². The van der Waals surface area contributed by atoms with Crippen molar-refractivity contribution < 1.29 is 35.8 Å². The van der Waals surface area contributed by atoms with Crippen molar-refractivity contribution in [2.75, 3.05) is 33.3 Å². The fraction of sp³-hybridized carbons (Fsp3) is 0.571. The van der Waals surface area contributed by atoms with Gasteiger partial charge in [0.25, 0.3) is 0 Å². The minimum absolute atomic E-state index is 0. The van der Waals surface area contributed by atoms with Gasteiger partial charge in [-0.15, -0.1) is 38.0 Å². The van der Waals surface area contributed by atoms with E-state index in [1.807, 2.05) is 0 Å². The summed E-state index contributed by atoms with van der Waals surface area (Å²) in [6.07, 6.45) is -9.67. The molecule has 26 heavy (non-hydrogen) atoms. The minimum atomic E-state index is -4.99. The highest BCUT2D eigenvalue weighted by Crippen LogP contribution is 2.43. The van der Waals surface area contributed by atoms with Crippen LogP contribution in [0.1, 0.15) is 11.6 Å². The van der Waals surface area contributed by atoms with Gasteiger partial charge in [0.15, 0.2) is 0 Å². The number of hydrogen-bond acceptors (Lipinski definition) is 4. The Morgan fingerprint density at radius 3 is 2.08 bits per heavy atom. The zero-order valence-corrected chi connectivity index (χ0v) is 15.1. The van der Waals surface area contributed by atoms with Crippen LogP contribution in [-0.4, -0.2) is 50.7 Å². The SMILES string of the molecule is COc1ccc(OC(F)(F)F)cc1[C@H](N1CCNCC1)C(F)(F)F.Cl.Cl. The summed E-state index contributed by atoms with van der Waals surface area (Å²) in [5.74, 6) is -0.868. The van der Waals surface area contributed by atoms with Gasteiger partial charge in [-0.25, -0.2) is 0 Å². The monoisotopic (exact) mass is 430 g/mol. The highest BCUT2D eigenvalue weighted by atomic mass is 35.5. The topological polar surface area (TPSA) is 33.7 Å². The zero-order chi connectivity index (χ0) is 18.0. The summed E-state index contributed by atoms with van der Waals surface area (Å²) < 4.78 is 86.5. The van der Waals surface area contributed by atoms with Crippen molar-refractivity contribution in [3.05, 3.63) is 23.8 Å². The second kappa shape index (κ2) is 9.72. The lowest BCUT2D eigenvalue weighted by Crippen LogP contribution is -2.49. The first-order chi connectivity index (χ1) is 11.1. The van der Waals surface area contributed by atoms with Crippen molar-refractivity contribution in [3.8, 4) is 11.5 Å². The van der Waals surface area contributed by atoms with Crippen molar-refractivity contribution >= 4 is 24.8 Å². The Hall–Kier alpha value is -1.10. The fourth-order valence-corrected chi connectivity index (χ4v) is 2.64. The molecule has 0 amide bonds. The van der Waals surface area contributed by atoms with Gasteiger partial charge in [-0.05, 0) is 18.2 Å². The highest BCUT2D eigenvalue weighted by Gasteiger charge is 2.46. The van der Waals surface area contributed by atoms with Crippen molar-refractivity contribution in [1.82, 2.24) is 10.2 Å². The highest BCUT2D eigenvalue weighted by molar-refractivity contribution is 5.85. The Balaban J connectivity index is 0.00000312. The van der Waals surface area contributed by atoms with Crippen molar-refractivity contribution in [2.45, 2.75) is 18.6 Å². The number of nitrogens with one attached hydrogen (secondary N) is 1. The predicted molar refractivity (Wildman–Crippen MR) is 87.4 cm³/mol. The zero-order valence-electron chi connectivity index (χ0n) is 13.5. The molecule has 1 aromatic rings. The Bertz CT molecular complexity index is 565. The lowest BCUT2D eigenvalue weighted by Gasteiger charge is -2.36. The van der Waals surface area contributed by atoms with Crippen LogP contribution >= 0.6 is 24.8 Å². The Kier molecular flexibility index (Phi) is 9.31. The summed E-state index contributed by atoms with van der Waals surface area (Å²) in [5.41, 5.74) is -0.409. The Morgan fingerprint density at radius 2 is 1.62 bits per heavy atom. The number of nitrogens with zero attached hydrogens (tertiary/aromatic N) is 1. The normalized spacial score (nSPS) is 16.9. The van der Waals surface area contributed by atoms with E-state index in [4.69, 9.17) is 4.74 Å². The van der Waals surface area contributed by atoms with Crippen LogP contribution in [0.5, 0.6) is 11.5 Å². The summed E-state index contributed by atoms with van der Waals surface area (Å²) in [6.45, 7) is 0.927. The maximum atomic E-state index is 13.6. The Morgan fingerprint density at radius 1 is 1.04 bits per heavy atom. The van der Waals surface area contributed by atoms with Crippen LogP contribution in [0.3, 0.4) is 0 Å². The lowest BCUT2D eigenvalue weighted by molar-refractivity contribution is -0.274. The summed E-state index contributed by atoms with van der Waals surface area (Å²) in [5, 5.41) is 2.93. The molecule has 1 aliphatic rings. The molecule has 1 N–H and O–H groups in total. The predicted octanol–water partition coefficient (Wildman–Crippen LogP) is 3.95. The average Bonchev–Trinajstić information content (AvgIpc) is 2.46. The molecule has 0 aromatic heterocycles. The largest absolute Gasteiger partial charge is 0.573 e. The van der Waals surface area contributed by atoms with Crippen LogP contribution in [0, 0.1) is 0 Å². The molecular formula is C14H18Cl2F6N2O2. The van der Waals surface area contributed by atoms with E-state index in [2.05, 4.69) is 10.1 Å². The van der Waals surface area contributed by atoms with E-state index < -0.39 is 29.9 Å². The van der Waals surface area contributed by atoms with E-state index in [-0.39, 0.29) is 43.7 Å². The first-order valence-electron chi connectivity index (χ1n) is 7.07. The molecule has 1 aromatic carbocycles. The maximum absolute atomic E-state index is 13.6. The molecule has 0 radical (unpaired) electrons. The molecule has 1 aliphatic heterocycles. The van der Waals surface area contributed by atoms with Gasteiger partial charge in [-0.2, -0.15) is 13.2 Å². The number of methoxy groups -OCH3 is 1. The molecule has 1 saturated heterocycles. The number of halogens is 8. The second-order valence-electron chi connectivity index (χ2n) is 5.18. The molecule has 2 rings (SSSR count). The summed E-state index contributed by atoms with van der Waals surface area (Å²) in [4.78, 5) is 1.16. The molecule has 0 spiro atoms. The van der Waals surface area contributed by atoms with Gasteiger partial charge in [0.05, 0.1) is 7.11 Å². The molecular weight excluding hydrogens is 413 g/mol. The van der Waals surface area contributed by atoms with Crippen LogP contribution in [0.15, 0.2) is 18.2 Å².